The Bertz CT molecular complexity index is 326. The van der Waals surface area contributed by atoms with Crippen LogP contribution in [-0.2, 0) is 14.3 Å². The fourth-order valence-corrected chi connectivity index (χ4v) is 1.73. The van der Waals surface area contributed by atoms with Crippen molar-refractivity contribution in [3.63, 3.8) is 0 Å². The Kier molecular flexibility index (Phi) is 7.06. The van der Waals surface area contributed by atoms with Gasteiger partial charge in [0.1, 0.15) is 42.7 Å². The Balaban J connectivity index is 2.45. The van der Waals surface area contributed by atoms with Crippen molar-refractivity contribution in [1.29, 1.82) is 0 Å². The lowest BCUT2D eigenvalue weighted by atomic mass is 10.0. The third-order valence-corrected chi connectivity index (χ3v) is 3.12. The fraction of sp³-hybridized carbons (Fsp3) is 0.909. The zero-order valence-electron chi connectivity index (χ0n) is 11.0. The number of aliphatic hydroxyl groups is 7. The van der Waals surface area contributed by atoms with Crippen molar-refractivity contribution in [2.75, 3.05) is 13.2 Å². The molecule has 10 nitrogen and oxygen atoms in total. The van der Waals surface area contributed by atoms with Crippen molar-refractivity contribution in [3.05, 3.63) is 0 Å². The molecule has 0 saturated carbocycles. The highest BCUT2D eigenvalue weighted by atomic mass is 16.7. The lowest BCUT2D eigenvalue weighted by molar-refractivity contribution is -0.277. The van der Waals surface area contributed by atoms with Crippen LogP contribution in [0.4, 0.5) is 0 Å². The number of hydrogen-bond acceptors (Lipinski definition) is 10. The number of ether oxygens (including phenoxy) is 2. The van der Waals surface area contributed by atoms with Crippen molar-refractivity contribution >= 4 is 6.29 Å². The van der Waals surface area contributed by atoms with Gasteiger partial charge in [-0.2, -0.15) is 0 Å². The van der Waals surface area contributed by atoms with E-state index in [4.69, 9.17) is 14.6 Å². The largest absolute Gasteiger partial charge is 0.388 e. The molecule has 8 atom stereocenters. The number of rotatable bonds is 7. The van der Waals surface area contributed by atoms with Crippen LogP contribution in [0.25, 0.3) is 0 Å². The van der Waals surface area contributed by atoms with Gasteiger partial charge in [0.05, 0.1) is 13.2 Å². The zero-order valence-corrected chi connectivity index (χ0v) is 11.0. The molecule has 10 heteroatoms. The summed E-state index contributed by atoms with van der Waals surface area (Å²) in [4.78, 5) is 10.2. The molecule has 0 aromatic heterocycles. The summed E-state index contributed by atoms with van der Waals surface area (Å²) in [5.74, 6) is 0. The minimum atomic E-state index is -1.91. The molecule has 7 N–H and O–H groups in total. The van der Waals surface area contributed by atoms with Crippen molar-refractivity contribution in [3.8, 4) is 0 Å². The molecule has 1 aliphatic rings. The third-order valence-electron chi connectivity index (χ3n) is 3.12. The predicted molar refractivity (Wildman–Crippen MR) is 63.8 cm³/mol. The quantitative estimate of drug-likeness (QED) is 0.225. The van der Waals surface area contributed by atoms with E-state index >= 15 is 0 Å². The van der Waals surface area contributed by atoms with Gasteiger partial charge in [-0.1, -0.05) is 0 Å². The highest BCUT2D eigenvalue weighted by Crippen LogP contribution is 2.17. The Morgan fingerprint density at radius 2 is 1.71 bits per heavy atom. The van der Waals surface area contributed by atoms with Gasteiger partial charge in [-0.25, -0.2) is 0 Å². The second-order valence-electron chi connectivity index (χ2n) is 4.76. The molecule has 1 fully saturated rings. The summed E-state index contributed by atoms with van der Waals surface area (Å²) in [6.45, 7) is -0.914. The zero-order chi connectivity index (χ0) is 16.2. The average Bonchev–Trinajstić information content (AvgIpc) is 2.49. The summed E-state index contributed by atoms with van der Waals surface area (Å²) >= 11 is 0. The van der Waals surface area contributed by atoms with Crippen LogP contribution in [0.2, 0.25) is 0 Å². The molecule has 0 bridgehead atoms. The normalized spacial score (nSPS) is 35.8. The standard InChI is InChI=1S/C11H20O10/c12-1-4(13)7(16)8(17)5(14)2-20-11-10(19)9(18)6(15)3-21-11/h1,4-11,13-19H,2-3H2/t4-,5+,6+,7+,8-,9+,10-,11+/m0/s1. The van der Waals surface area contributed by atoms with Crippen LogP contribution in [0.15, 0.2) is 0 Å². The van der Waals surface area contributed by atoms with Gasteiger partial charge in [0.25, 0.3) is 0 Å². The molecule has 21 heavy (non-hydrogen) atoms. The fourth-order valence-electron chi connectivity index (χ4n) is 1.73. The summed E-state index contributed by atoms with van der Waals surface area (Å²) in [6.07, 6.45) is -13.0. The first-order valence-corrected chi connectivity index (χ1v) is 6.24. The maximum Gasteiger partial charge on any atom is 0.186 e. The van der Waals surface area contributed by atoms with Gasteiger partial charge in [-0.15, -0.1) is 0 Å². The molecule has 0 unspecified atom stereocenters. The lowest BCUT2D eigenvalue weighted by Crippen LogP contribution is -2.54. The van der Waals surface area contributed by atoms with Gasteiger partial charge >= 0.3 is 0 Å². The Morgan fingerprint density at radius 3 is 2.29 bits per heavy atom. The van der Waals surface area contributed by atoms with Gasteiger partial charge < -0.3 is 50.0 Å². The third kappa shape index (κ3) is 4.64. The number of carbonyl (C=O) groups is 1. The van der Waals surface area contributed by atoms with Crippen molar-refractivity contribution in [1.82, 2.24) is 0 Å². The molecule has 0 aromatic carbocycles. The van der Waals surface area contributed by atoms with Gasteiger partial charge in [0.15, 0.2) is 12.6 Å². The highest BCUT2D eigenvalue weighted by molar-refractivity contribution is 5.56. The Labute approximate surface area is 119 Å². The van der Waals surface area contributed by atoms with Gasteiger partial charge in [-0.05, 0) is 0 Å². The molecule has 124 valence electrons. The van der Waals surface area contributed by atoms with Crippen LogP contribution in [-0.4, -0.2) is 104 Å². The van der Waals surface area contributed by atoms with E-state index in [2.05, 4.69) is 0 Å². The molecule has 0 aliphatic carbocycles. The van der Waals surface area contributed by atoms with E-state index in [-0.39, 0.29) is 12.9 Å². The second kappa shape index (κ2) is 8.08. The van der Waals surface area contributed by atoms with Crippen LogP contribution in [0.3, 0.4) is 0 Å². The van der Waals surface area contributed by atoms with Crippen molar-refractivity contribution in [2.45, 2.75) is 49.0 Å². The molecule has 1 rings (SSSR count). The lowest BCUT2D eigenvalue weighted by Gasteiger charge is -2.35. The van der Waals surface area contributed by atoms with Crippen LogP contribution in [0.5, 0.6) is 0 Å². The molecule has 0 aromatic rings. The van der Waals surface area contributed by atoms with Crippen LogP contribution >= 0.6 is 0 Å². The van der Waals surface area contributed by atoms with Crippen LogP contribution in [0.1, 0.15) is 0 Å². The van der Waals surface area contributed by atoms with Crippen molar-refractivity contribution in [2.24, 2.45) is 0 Å². The first-order chi connectivity index (χ1) is 9.79. The van der Waals surface area contributed by atoms with Crippen LogP contribution < -0.4 is 0 Å². The SMILES string of the molecule is O=C[C@H](O)[C@@H](O)[C@@H](O)[C@H](O)CO[C@@H]1OC[C@@H](O)[C@@H](O)[C@@H]1O. The summed E-state index contributed by atoms with van der Waals surface area (Å²) in [6, 6.07) is 0. The van der Waals surface area contributed by atoms with Crippen molar-refractivity contribution < 1.29 is 50.0 Å². The smallest absolute Gasteiger partial charge is 0.186 e. The van der Waals surface area contributed by atoms with E-state index in [0.717, 1.165) is 0 Å². The minimum absolute atomic E-state index is 0.00674. The van der Waals surface area contributed by atoms with E-state index in [1.165, 1.54) is 0 Å². The molecule has 1 aliphatic heterocycles. The second-order valence-corrected chi connectivity index (χ2v) is 4.76. The van der Waals surface area contributed by atoms with E-state index < -0.39 is 55.6 Å². The predicted octanol–water partition coefficient (Wildman–Crippen LogP) is -4.92. The molecular formula is C11H20O10. The highest BCUT2D eigenvalue weighted by Gasteiger charge is 2.39. The summed E-state index contributed by atoms with van der Waals surface area (Å²) in [7, 11) is 0. The number of aliphatic hydroxyl groups excluding tert-OH is 7. The Hall–Kier alpha value is -0.690. The van der Waals surface area contributed by atoms with E-state index in [1.54, 1.807) is 0 Å². The summed E-state index contributed by atoms with van der Waals surface area (Å²) < 4.78 is 9.82. The summed E-state index contributed by atoms with van der Waals surface area (Å²) in [5.41, 5.74) is 0. The minimum Gasteiger partial charge on any atom is -0.388 e. The van der Waals surface area contributed by atoms with Gasteiger partial charge in [0.2, 0.25) is 0 Å². The molecule has 0 spiro atoms. The molecule has 1 saturated heterocycles. The van der Waals surface area contributed by atoms with Gasteiger partial charge in [-0.3, -0.25) is 0 Å². The van der Waals surface area contributed by atoms with E-state index in [0.29, 0.717) is 0 Å². The molecule has 1 heterocycles. The van der Waals surface area contributed by atoms with E-state index in [9.17, 15) is 35.4 Å². The van der Waals surface area contributed by atoms with E-state index in [1.807, 2.05) is 0 Å². The first kappa shape index (κ1) is 18.4. The maximum absolute atomic E-state index is 10.2. The molecular weight excluding hydrogens is 292 g/mol. The molecule has 0 radical (unpaired) electrons. The number of aldehydes is 1. The Morgan fingerprint density at radius 1 is 1.10 bits per heavy atom. The summed E-state index contributed by atoms with van der Waals surface area (Å²) in [5, 5.41) is 65.6. The maximum atomic E-state index is 10.2. The first-order valence-electron chi connectivity index (χ1n) is 6.24. The molecule has 0 amide bonds. The number of carbonyl (C=O) groups excluding carboxylic acids is 1. The number of hydrogen-bond donors (Lipinski definition) is 7. The average molecular weight is 312 g/mol. The monoisotopic (exact) mass is 312 g/mol. The van der Waals surface area contributed by atoms with Gasteiger partial charge in [0, 0.05) is 0 Å². The van der Waals surface area contributed by atoms with Crippen LogP contribution in [0, 0.1) is 0 Å². The topological polar surface area (TPSA) is 177 Å².